The van der Waals surface area contributed by atoms with Gasteiger partial charge in [0.1, 0.15) is 5.82 Å². The van der Waals surface area contributed by atoms with E-state index in [2.05, 4.69) is 9.88 Å². The third-order valence-corrected chi connectivity index (χ3v) is 6.02. The Morgan fingerprint density at radius 3 is 2.50 bits per heavy atom. The van der Waals surface area contributed by atoms with Crippen LogP contribution in [0.2, 0.25) is 0 Å². The van der Waals surface area contributed by atoms with Crippen molar-refractivity contribution in [1.82, 2.24) is 9.29 Å². The summed E-state index contributed by atoms with van der Waals surface area (Å²) in [5.41, 5.74) is 0.528. The van der Waals surface area contributed by atoms with Crippen LogP contribution < -0.4 is 4.90 Å². The van der Waals surface area contributed by atoms with E-state index >= 15 is 0 Å². The highest BCUT2D eigenvalue weighted by Crippen LogP contribution is 2.21. The number of aliphatic carboxylic acids is 1. The van der Waals surface area contributed by atoms with Crippen LogP contribution in [0.4, 0.5) is 5.82 Å². The molecule has 1 saturated heterocycles. The molecule has 1 N–H and O–H groups in total. The van der Waals surface area contributed by atoms with E-state index in [0.29, 0.717) is 31.7 Å². The van der Waals surface area contributed by atoms with Crippen LogP contribution in [0, 0.1) is 0 Å². The van der Waals surface area contributed by atoms with E-state index in [0.717, 1.165) is 11.9 Å². The predicted octanol–water partition coefficient (Wildman–Crippen LogP) is 1.69. The lowest BCUT2D eigenvalue weighted by atomic mass is 10.2. The molecule has 2 heterocycles. The highest BCUT2D eigenvalue weighted by atomic mass is 32.2. The molecule has 8 heteroatoms. The number of benzene rings is 1. The minimum Gasteiger partial charge on any atom is -0.478 e. The van der Waals surface area contributed by atoms with Gasteiger partial charge in [-0.25, -0.2) is 18.2 Å². The van der Waals surface area contributed by atoms with Gasteiger partial charge in [0.15, 0.2) is 0 Å². The lowest BCUT2D eigenvalue weighted by molar-refractivity contribution is -0.131. The second-order valence-electron chi connectivity index (χ2n) is 5.82. The van der Waals surface area contributed by atoms with Gasteiger partial charge in [-0.15, -0.1) is 0 Å². The molecule has 1 aliphatic heterocycles. The summed E-state index contributed by atoms with van der Waals surface area (Å²) in [6, 6.07) is 11.9. The fourth-order valence-electron chi connectivity index (χ4n) is 2.79. The SMILES string of the molecule is O=C(O)C=Cc1cccc(S(=O)(=O)N2CCN(c3ccccn3)CC2)c1. The Kier molecular flexibility index (Phi) is 5.34. The summed E-state index contributed by atoms with van der Waals surface area (Å²) in [5, 5.41) is 8.70. The summed E-state index contributed by atoms with van der Waals surface area (Å²) < 4.78 is 27.2. The Morgan fingerprint density at radius 1 is 1.08 bits per heavy atom. The lowest BCUT2D eigenvalue weighted by Gasteiger charge is -2.34. The molecule has 0 amide bonds. The fraction of sp³-hybridized carbons (Fsp3) is 0.222. The van der Waals surface area contributed by atoms with Crippen molar-refractivity contribution in [1.29, 1.82) is 0 Å². The number of carboxylic acids is 1. The Bertz CT molecular complexity index is 905. The van der Waals surface area contributed by atoms with Crippen LogP contribution >= 0.6 is 0 Å². The van der Waals surface area contributed by atoms with Crippen LogP contribution in [0.25, 0.3) is 6.08 Å². The number of rotatable bonds is 5. The number of anilines is 1. The number of carboxylic acid groups (broad SMARTS) is 1. The average Bonchev–Trinajstić information content (AvgIpc) is 2.67. The molecule has 0 spiro atoms. The third-order valence-electron chi connectivity index (χ3n) is 4.13. The smallest absolute Gasteiger partial charge is 0.328 e. The zero-order valence-electron chi connectivity index (χ0n) is 14.0. The van der Waals surface area contributed by atoms with Crippen LogP contribution in [0.1, 0.15) is 5.56 Å². The monoisotopic (exact) mass is 373 g/mol. The highest BCUT2D eigenvalue weighted by molar-refractivity contribution is 7.89. The minimum absolute atomic E-state index is 0.163. The average molecular weight is 373 g/mol. The molecule has 26 heavy (non-hydrogen) atoms. The maximum absolute atomic E-state index is 12.9. The van der Waals surface area contributed by atoms with Gasteiger partial charge in [-0.2, -0.15) is 4.31 Å². The molecule has 0 unspecified atom stereocenters. The normalized spacial score (nSPS) is 16.1. The summed E-state index contributed by atoms with van der Waals surface area (Å²) in [7, 11) is -3.62. The number of carbonyl (C=O) groups is 1. The lowest BCUT2D eigenvalue weighted by Crippen LogP contribution is -2.48. The molecule has 1 aromatic carbocycles. The van der Waals surface area contributed by atoms with Gasteiger partial charge in [-0.05, 0) is 35.9 Å². The van der Waals surface area contributed by atoms with Crippen molar-refractivity contribution in [2.75, 3.05) is 31.1 Å². The van der Waals surface area contributed by atoms with Crippen molar-refractivity contribution in [2.45, 2.75) is 4.90 Å². The Hall–Kier alpha value is -2.71. The maximum Gasteiger partial charge on any atom is 0.328 e. The molecule has 136 valence electrons. The second-order valence-corrected chi connectivity index (χ2v) is 7.76. The van der Waals surface area contributed by atoms with Crippen LogP contribution in [0.15, 0.2) is 59.6 Å². The summed E-state index contributed by atoms with van der Waals surface area (Å²) >= 11 is 0. The molecule has 0 radical (unpaired) electrons. The van der Waals surface area contributed by atoms with Gasteiger partial charge >= 0.3 is 5.97 Å². The molecule has 1 aromatic heterocycles. The highest BCUT2D eigenvalue weighted by Gasteiger charge is 2.28. The van der Waals surface area contributed by atoms with Crippen LogP contribution in [-0.4, -0.2) is 55.0 Å². The van der Waals surface area contributed by atoms with Gasteiger partial charge in [-0.1, -0.05) is 18.2 Å². The van der Waals surface area contributed by atoms with Crippen LogP contribution in [-0.2, 0) is 14.8 Å². The first-order chi connectivity index (χ1) is 12.5. The zero-order valence-corrected chi connectivity index (χ0v) is 14.8. The van der Waals surface area contributed by atoms with Gasteiger partial charge in [0.2, 0.25) is 10.0 Å². The minimum atomic E-state index is -3.62. The van der Waals surface area contributed by atoms with E-state index in [1.165, 1.54) is 22.5 Å². The molecule has 1 aliphatic rings. The third kappa shape index (κ3) is 4.09. The number of pyridine rings is 1. The quantitative estimate of drug-likeness (QED) is 0.802. The van der Waals surface area contributed by atoms with Crippen LogP contribution in [0.5, 0.6) is 0 Å². The van der Waals surface area contributed by atoms with Crippen molar-refractivity contribution in [3.63, 3.8) is 0 Å². The number of piperazine rings is 1. The molecule has 0 saturated carbocycles. The van der Waals surface area contributed by atoms with Gasteiger partial charge in [0, 0.05) is 38.5 Å². The molecular formula is C18H19N3O4S. The topological polar surface area (TPSA) is 90.8 Å². The zero-order chi connectivity index (χ0) is 18.6. The summed E-state index contributed by atoms with van der Waals surface area (Å²) in [6.07, 6.45) is 4.08. The van der Waals surface area contributed by atoms with E-state index in [1.807, 2.05) is 18.2 Å². The molecule has 3 rings (SSSR count). The Morgan fingerprint density at radius 2 is 1.85 bits per heavy atom. The molecule has 0 bridgehead atoms. The molecular weight excluding hydrogens is 354 g/mol. The molecule has 7 nitrogen and oxygen atoms in total. The van der Waals surface area contributed by atoms with E-state index in [-0.39, 0.29) is 4.90 Å². The first-order valence-electron chi connectivity index (χ1n) is 8.14. The molecule has 2 aromatic rings. The Balaban J connectivity index is 1.73. The molecule has 0 atom stereocenters. The first-order valence-corrected chi connectivity index (χ1v) is 9.58. The van der Waals surface area contributed by atoms with Crippen LogP contribution in [0.3, 0.4) is 0 Å². The van der Waals surface area contributed by atoms with Crippen molar-refractivity contribution >= 4 is 27.9 Å². The fourth-order valence-corrected chi connectivity index (χ4v) is 4.27. The summed E-state index contributed by atoms with van der Waals surface area (Å²) in [5.74, 6) is -0.241. The largest absolute Gasteiger partial charge is 0.478 e. The van der Waals surface area contributed by atoms with Crippen molar-refractivity contribution < 1.29 is 18.3 Å². The van der Waals surface area contributed by atoms with Crippen molar-refractivity contribution in [3.8, 4) is 0 Å². The van der Waals surface area contributed by atoms with Gasteiger partial charge < -0.3 is 10.0 Å². The number of nitrogens with zero attached hydrogens (tertiary/aromatic N) is 3. The van der Waals surface area contributed by atoms with Crippen molar-refractivity contribution in [2.24, 2.45) is 0 Å². The van der Waals surface area contributed by atoms with Gasteiger partial charge in [-0.3, -0.25) is 0 Å². The number of aromatic nitrogens is 1. The van der Waals surface area contributed by atoms with E-state index < -0.39 is 16.0 Å². The first kappa shape index (κ1) is 18.1. The summed E-state index contributed by atoms with van der Waals surface area (Å²) in [4.78, 5) is 17.1. The van der Waals surface area contributed by atoms with Gasteiger partial charge in [0.05, 0.1) is 4.90 Å². The van der Waals surface area contributed by atoms with E-state index in [1.54, 1.807) is 18.3 Å². The molecule has 1 fully saturated rings. The Labute approximate surface area is 152 Å². The van der Waals surface area contributed by atoms with E-state index in [4.69, 9.17) is 5.11 Å². The van der Waals surface area contributed by atoms with E-state index in [9.17, 15) is 13.2 Å². The number of hydrogen-bond donors (Lipinski definition) is 1. The molecule has 0 aliphatic carbocycles. The standard InChI is InChI=1S/C18H19N3O4S/c22-18(23)8-7-15-4-3-5-16(14-15)26(24,25)21-12-10-20(11-13-21)17-6-1-2-9-19-17/h1-9,14H,10-13H2,(H,22,23). The predicted molar refractivity (Wildman–Crippen MR) is 98.3 cm³/mol. The van der Waals surface area contributed by atoms with Gasteiger partial charge in [0.25, 0.3) is 0 Å². The second kappa shape index (κ2) is 7.67. The van der Waals surface area contributed by atoms with Crippen molar-refractivity contribution in [3.05, 3.63) is 60.3 Å². The maximum atomic E-state index is 12.9. The summed E-state index contributed by atoms with van der Waals surface area (Å²) in [6.45, 7) is 1.87. The number of hydrogen-bond acceptors (Lipinski definition) is 5. The number of sulfonamides is 1.